The van der Waals surface area contributed by atoms with Gasteiger partial charge in [-0.2, -0.15) is 0 Å². The van der Waals surface area contributed by atoms with E-state index in [1.54, 1.807) is 0 Å². The van der Waals surface area contributed by atoms with Gasteiger partial charge in [-0.3, -0.25) is 14.4 Å². The second-order valence-corrected chi connectivity index (χ2v) is 8.93. The molecule has 3 heterocycles. The smallest absolute Gasteiger partial charge is 0.263 e. The van der Waals surface area contributed by atoms with E-state index < -0.39 is 0 Å². The molecule has 0 unspecified atom stereocenters. The molecule has 1 aromatic carbocycles. The SMILES string of the molecule is O=C(NC1CCN(C(=O)C2CCN(C(=O)c3cccs3)CC2)CC1)c1ccccc1. The average Bonchev–Trinajstić information content (AvgIpc) is 3.34. The fourth-order valence-electron chi connectivity index (χ4n) is 4.25. The zero-order chi connectivity index (χ0) is 20.9. The van der Waals surface area contributed by atoms with E-state index in [1.165, 1.54) is 11.3 Å². The van der Waals surface area contributed by atoms with E-state index in [0.29, 0.717) is 31.7 Å². The maximum absolute atomic E-state index is 12.9. The van der Waals surface area contributed by atoms with Crippen LogP contribution in [0.15, 0.2) is 47.8 Å². The molecule has 30 heavy (non-hydrogen) atoms. The van der Waals surface area contributed by atoms with Gasteiger partial charge < -0.3 is 15.1 Å². The van der Waals surface area contributed by atoms with Gasteiger partial charge in [-0.1, -0.05) is 24.3 Å². The highest BCUT2D eigenvalue weighted by molar-refractivity contribution is 7.12. The summed E-state index contributed by atoms with van der Waals surface area (Å²) < 4.78 is 0. The lowest BCUT2D eigenvalue weighted by Gasteiger charge is -2.37. The van der Waals surface area contributed by atoms with Gasteiger partial charge in [0.2, 0.25) is 5.91 Å². The standard InChI is InChI=1S/C23H27N3O3S/c27-21(17-5-2-1-3-6-17)24-19-10-14-25(15-11-19)22(28)18-8-12-26(13-9-18)23(29)20-7-4-16-30-20/h1-7,16,18-19H,8-15H2,(H,24,27). The van der Waals surface area contributed by atoms with Crippen LogP contribution in [-0.2, 0) is 4.79 Å². The van der Waals surface area contributed by atoms with Crippen LogP contribution in [0.2, 0.25) is 0 Å². The van der Waals surface area contributed by atoms with Crippen molar-refractivity contribution < 1.29 is 14.4 Å². The number of carbonyl (C=O) groups excluding carboxylic acids is 3. The topological polar surface area (TPSA) is 69.7 Å². The molecule has 2 aliphatic rings. The van der Waals surface area contributed by atoms with Crippen LogP contribution in [0.3, 0.4) is 0 Å². The quantitative estimate of drug-likeness (QED) is 0.819. The number of rotatable bonds is 4. The fraction of sp³-hybridized carbons (Fsp3) is 0.435. The normalized spacial score (nSPS) is 18.3. The molecule has 0 aliphatic carbocycles. The van der Waals surface area contributed by atoms with Gasteiger partial charge in [0.05, 0.1) is 4.88 Å². The number of piperidine rings is 2. The molecular formula is C23H27N3O3S. The van der Waals surface area contributed by atoms with Crippen LogP contribution in [-0.4, -0.2) is 59.7 Å². The molecule has 1 N–H and O–H groups in total. The number of nitrogens with one attached hydrogen (secondary N) is 1. The van der Waals surface area contributed by atoms with Crippen LogP contribution in [0.1, 0.15) is 45.7 Å². The van der Waals surface area contributed by atoms with E-state index in [-0.39, 0.29) is 29.7 Å². The van der Waals surface area contributed by atoms with Gasteiger partial charge in [-0.05, 0) is 49.3 Å². The molecule has 2 fully saturated rings. The minimum Gasteiger partial charge on any atom is -0.349 e. The maximum atomic E-state index is 12.9. The monoisotopic (exact) mass is 425 g/mol. The number of amides is 3. The lowest BCUT2D eigenvalue weighted by Crippen LogP contribution is -2.49. The molecule has 2 aromatic rings. The molecule has 0 bridgehead atoms. The van der Waals surface area contributed by atoms with Gasteiger partial charge in [0.1, 0.15) is 0 Å². The zero-order valence-corrected chi connectivity index (χ0v) is 17.8. The average molecular weight is 426 g/mol. The van der Waals surface area contributed by atoms with Gasteiger partial charge in [0.25, 0.3) is 11.8 Å². The second-order valence-electron chi connectivity index (χ2n) is 7.98. The molecule has 0 atom stereocenters. The fourth-order valence-corrected chi connectivity index (χ4v) is 4.94. The van der Waals surface area contributed by atoms with Crippen molar-refractivity contribution in [2.24, 2.45) is 5.92 Å². The Morgan fingerprint density at radius 3 is 2.13 bits per heavy atom. The van der Waals surface area contributed by atoms with E-state index >= 15 is 0 Å². The van der Waals surface area contributed by atoms with E-state index in [0.717, 1.165) is 30.6 Å². The van der Waals surface area contributed by atoms with Gasteiger partial charge in [-0.15, -0.1) is 11.3 Å². The van der Waals surface area contributed by atoms with E-state index in [2.05, 4.69) is 5.32 Å². The maximum Gasteiger partial charge on any atom is 0.263 e. The predicted octanol–water partition coefficient (Wildman–Crippen LogP) is 3.02. The number of benzene rings is 1. The number of thiophene rings is 1. The molecular weight excluding hydrogens is 398 g/mol. The molecule has 0 saturated carbocycles. The highest BCUT2D eigenvalue weighted by Crippen LogP contribution is 2.24. The third kappa shape index (κ3) is 4.73. The van der Waals surface area contributed by atoms with Gasteiger partial charge in [-0.25, -0.2) is 0 Å². The van der Waals surface area contributed by atoms with Crippen molar-refractivity contribution in [1.82, 2.24) is 15.1 Å². The van der Waals surface area contributed by atoms with Crippen molar-refractivity contribution in [2.45, 2.75) is 31.7 Å². The van der Waals surface area contributed by atoms with E-state index in [4.69, 9.17) is 0 Å². The first-order chi connectivity index (χ1) is 14.6. The Labute approximate surface area is 180 Å². The molecule has 0 radical (unpaired) electrons. The van der Waals surface area contributed by atoms with Crippen LogP contribution in [0.25, 0.3) is 0 Å². The molecule has 6 nitrogen and oxygen atoms in total. The third-order valence-corrected chi connectivity index (χ3v) is 6.90. The molecule has 2 aliphatic heterocycles. The van der Waals surface area contributed by atoms with Gasteiger partial charge in [0.15, 0.2) is 0 Å². The van der Waals surface area contributed by atoms with E-state index in [1.807, 2.05) is 57.6 Å². The lowest BCUT2D eigenvalue weighted by molar-refractivity contribution is -0.138. The highest BCUT2D eigenvalue weighted by atomic mass is 32.1. The molecule has 7 heteroatoms. The summed E-state index contributed by atoms with van der Waals surface area (Å²) in [7, 11) is 0. The van der Waals surface area contributed by atoms with Crippen LogP contribution in [0, 0.1) is 5.92 Å². The number of hydrogen-bond acceptors (Lipinski definition) is 4. The van der Waals surface area contributed by atoms with Crippen LogP contribution >= 0.6 is 11.3 Å². The molecule has 1 aromatic heterocycles. The second kappa shape index (κ2) is 9.43. The Bertz CT molecular complexity index is 868. The first-order valence-corrected chi connectivity index (χ1v) is 11.5. The summed E-state index contributed by atoms with van der Waals surface area (Å²) in [5.74, 6) is 0.216. The number of likely N-dealkylation sites (tertiary alicyclic amines) is 2. The number of carbonyl (C=O) groups is 3. The van der Waals surface area contributed by atoms with Crippen LogP contribution in [0.4, 0.5) is 0 Å². The van der Waals surface area contributed by atoms with Crippen molar-refractivity contribution in [3.05, 3.63) is 58.3 Å². The summed E-state index contributed by atoms with van der Waals surface area (Å²) in [5, 5.41) is 5.00. The van der Waals surface area contributed by atoms with Gasteiger partial charge in [0, 0.05) is 43.7 Å². The van der Waals surface area contributed by atoms with Crippen LogP contribution in [0.5, 0.6) is 0 Å². The molecule has 0 spiro atoms. The minimum atomic E-state index is -0.0526. The van der Waals surface area contributed by atoms with E-state index in [9.17, 15) is 14.4 Å². The van der Waals surface area contributed by atoms with Crippen molar-refractivity contribution >= 4 is 29.1 Å². The summed E-state index contributed by atoms with van der Waals surface area (Å²) in [4.78, 5) is 42.3. The van der Waals surface area contributed by atoms with Crippen molar-refractivity contribution in [2.75, 3.05) is 26.2 Å². The van der Waals surface area contributed by atoms with Crippen molar-refractivity contribution in [3.8, 4) is 0 Å². The summed E-state index contributed by atoms with van der Waals surface area (Å²) in [5.41, 5.74) is 0.667. The summed E-state index contributed by atoms with van der Waals surface area (Å²) in [6.07, 6.45) is 3.00. The van der Waals surface area contributed by atoms with Crippen molar-refractivity contribution in [1.29, 1.82) is 0 Å². The number of nitrogens with zero attached hydrogens (tertiary/aromatic N) is 2. The predicted molar refractivity (Wildman–Crippen MR) is 116 cm³/mol. The summed E-state index contributed by atoms with van der Waals surface area (Å²) in [6.45, 7) is 2.62. The van der Waals surface area contributed by atoms with Crippen molar-refractivity contribution in [3.63, 3.8) is 0 Å². The first kappa shape index (κ1) is 20.6. The Morgan fingerprint density at radius 2 is 1.50 bits per heavy atom. The van der Waals surface area contributed by atoms with Gasteiger partial charge >= 0.3 is 0 Å². The Hall–Kier alpha value is -2.67. The Kier molecular flexibility index (Phi) is 6.47. The third-order valence-electron chi connectivity index (χ3n) is 6.04. The highest BCUT2D eigenvalue weighted by Gasteiger charge is 2.32. The minimum absolute atomic E-state index is 0.00662. The molecule has 4 rings (SSSR count). The summed E-state index contributed by atoms with van der Waals surface area (Å²) in [6, 6.07) is 13.1. The summed E-state index contributed by atoms with van der Waals surface area (Å²) >= 11 is 1.46. The lowest BCUT2D eigenvalue weighted by atomic mass is 9.93. The Balaban J connectivity index is 1.22. The zero-order valence-electron chi connectivity index (χ0n) is 17.0. The molecule has 2 saturated heterocycles. The Morgan fingerprint density at radius 1 is 0.833 bits per heavy atom. The molecule has 3 amide bonds. The largest absolute Gasteiger partial charge is 0.349 e. The van der Waals surface area contributed by atoms with Crippen LogP contribution < -0.4 is 5.32 Å². The number of hydrogen-bond donors (Lipinski definition) is 1. The molecule has 158 valence electrons. The first-order valence-electron chi connectivity index (χ1n) is 10.6.